The highest BCUT2D eigenvalue weighted by Gasteiger charge is 2.12. The van der Waals surface area contributed by atoms with Crippen LogP contribution in [0.2, 0.25) is 5.02 Å². The van der Waals surface area contributed by atoms with Crippen molar-refractivity contribution in [3.63, 3.8) is 0 Å². The highest BCUT2D eigenvalue weighted by atomic mass is 35.5. The fraction of sp³-hybridized carbons (Fsp3) is 0.258. The maximum atomic E-state index is 14.1. The molecule has 39 heavy (non-hydrogen) atoms. The van der Waals surface area contributed by atoms with Crippen molar-refractivity contribution in [1.29, 1.82) is 0 Å². The molecule has 8 heteroatoms. The molecule has 202 valence electrons. The summed E-state index contributed by atoms with van der Waals surface area (Å²) in [5.74, 6) is 0.943. The summed E-state index contributed by atoms with van der Waals surface area (Å²) in [6, 6.07) is 22.7. The van der Waals surface area contributed by atoms with Gasteiger partial charge in [-0.25, -0.2) is 9.18 Å². The molecule has 1 saturated heterocycles. The lowest BCUT2D eigenvalue weighted by Gasteiger charge is -2.26. The highest BCUT2D eigenvalue weighted by Crippen LogP contribution is 2.32. The van der Waals surface area contributed by atoms with E-state index in [0.717, 1.165) is 34.7 Å². The van der Waals surface area contributed by atoms with Crippen LogP contribution in [0.5, 0.6) is 11.5 Å². The molecule has 2 N–H and O–H groups in total. The number of nitrogens with one attached hydrogen (secondary N) is 2. The van der Waals surface area contributed by atoms with E-state index in [4.69, 9.17) is 21.1 Å². The monoisotopic (exact) mass is 547 g/mol. The van der Waals surface area contributed by atoms with E-state index < -0.39 is 11.8 Å². The van der Waals surface area contributed by atoms with Crippen LogP contribution in [0.4, 0.5) is 20.6 Å². The number of likely N-dealkylation sites (tertiary alicyclic amines) is 1. The average Bonchev–Trinajstić information content (AvgIpc) is 2.95. The zero-order valence-corrected chi connectivity index (χ0v) is 22.3. The number of urea groups is 1. The number of anilines is 2. The summed E-state index contributed by atoms with van der Waals surface area (Å²) in [4.78, 5) is 15.0. The minimum Gasteiger partial charge on any atom is -0.492 e. The third kappa shape index (κ3) is 7.19. The van der Waals surface area contributed by atoms with E-state index >= 15 is 0 Å². The summed E-state index contributed by atoms with van der Waals surface area (Å²) in [5.41, 5.74) is 1.64. The number of carbonyl (C=O) groups is 1. The molecule has 1 fully saturated rings. The lowest BCUT2D eigenvalue weighted by Crippen LogP contribution is -2.33. The number of fused-ring (bicyclic) bond motifs is 1. The van der Waals surface area contributed by atoms with Gasteiger partial charge in [-0.1, -0.05) is 54.4 Å². The van der Waals surface area contributed by atoms with E-state index in [0.29, 0.717) is 24.7 Å². The number of carbonyl (C=O) groups excluding carboxylic acids is 1. The zero-order valence-electron chi connectivity index (χ0n) is 21.6. The first-order chi connectivity index (χ1) is 19.0. The maximum Gasteiger partial charge on any atom is 0.323 e. The van der Waals surface area contributed by atoms with E-state index in [1.807, 2.05) is 54.6 Å². The Balaban J connectivity index is 1.18. The molecule has 1 aliphatic heterocycles. The first kappa shape index (κ1) is 26.8. The molecule has 0 aromatic heterocycles. The van der Waals surface area contributed by atoms with E-state index in [2.05, 4.69) is 15.5 Å². The number of amides is 2. The van der Waals surface area contributed by atoms with Gasteiger partial charge in [0.2, 0.25) is 0 Å². The van der Waals surface area contributed by atoms with Crippen LogP contribution in [0.15, 0.2) is 78.9 Å². The SMILES string of the molecule is O=C(Nc1ccc(Cl)cc1F)Nc1ccc(OCc2ccc(OCCN3CCCCC3)cc2)c2ccccc12. The van der Waals surface area contributed by atoms with Gasteiger partial charge in [0.1, 0.15) is 30.5 Å². The number of hydrogen-bond acceptors (Lipinski definition) is 4. The van der Waals surface area contributed by atoms with Gasteiger partial charge in [0.15, 0.2) is 0 Å². The fourth-order valence-electron chi connectivity index (χ4n) is 4.69. The van der Waals surface area contributed by atoms with Crippen molar-refractivity contribution in [2.75, 3.05) is 36.9 Å². The summed E-state index contributed by atoms with van der Waals surface area (Å²) in [7, 11) is 0. The Morgan fingerprint density at radius 3 is 2.33 bits per heavy atom. The predicted octanol–water partition coefficient (Wildman–Crippen LogP) is 7.72. The third-order valence-corrected chi connectivity index (χ3v) is 6.99. The van der Waals surface area contributed by atoms with Crippen LogP contribution >= 0.6 is 11.6 Å². The van der Waals surface area contributed by atoms with Crippen molar-refractivity contribution in [3.05, 3.63) is 95.3 Å². The normalized spacial score (nSPS) is 13.7. The van der Waals surface area contributed by atoms with Crippen LogP contribution in [0.3, 0.4) is 0 Å². The van der Waals surface area contributed by atoms with Gasteiger partial charge in [-0.2, -0.15) is 0 Å². The first-order valence-electron chi connectivity index (χ1n) is 13.2. The van der Waals surface area contributed by atoms with Gasteiger partial charge in [0.25, 0.3) is 0 Å². The molecule has 4 aromatic carbocycles. The van der Waals surface area contributed by atoms with Crippen LogP contribution < -0.4 is 20.1 Å². The van der Waals surface area contributed by atoms with Gasteiger partial charge in [0, 0.05) is 22.3 Å². The Hall–Kier alpha value is -3.81. The number of benzene rings is 4. The molecule has 0 radical (unpaired) electrons. The number of hydrogen-bond donors (Lipinski definition) is 2. The van der Waals surface area contributed by atoms with Crippen molar-refractivity contribution in [2.24, 2.45) is 0 Å². The Kier molecular flexibility index (Phi) is 8.81. The molecule has 0 saturated carbocycles. The second-order valence-electron chi connectivity index (χ2n) is 9.54. The lowest BCUT2D eigenvalue weighted by atomic mass is 10.1. The molecule has 1 aliphatic rings. The summed E-state index contributed by atoms with van der Waals surface area (Å²) in [5, 5.41) is 7.23. The predicted molar refractivity (Wildman–Crippen MR) is 155 cm³/mol. The number of ether oxygens (including phenoxy) is 2. The number of nitrogens with zero attached hydrogens (tertiary/aromatic N) is 1. The Morgan fingerprint density at radius 1 is 0.846 bits per heavy atom. The van der Waals surface area contributed by atoms with Crippen molar-refractivity contribution >= 4 is 39.8 Å². The van der Waals surface area contributed by atoms with Crippen LogP contribution in [0.1, 0.15) is 24.8 Å². The van der Waals surface area contributed by atoms with Crippen LogP contribution in [0.25, 0.3) is 10.8 Å². The van der Waals surface area contributed by atoms with Crippen LogP contribution in [-0.2, 0) is 6.61 Å². The highest BCUT2D eigenvalue weighted by molar-refractivity contribution is 6.30. The summed E-state index contributed by atoms with van der Waals surface area (Å²) < 4.78 is 26.2. The Morgan fingerprint density at radius 2 is 1.56 bits per heavy atom. The fourth-order valence-corrected chi connectivity index (χ4v) is 4.85. The smallest absolute Gasteiger partial charge is 0.323 e. The molecular formula is C31H31ClFN3O3. The second kappa shape index (κ2) is 12.8. The maximum absolute atomic E-state index is 14.1. The van der Waals surface area contributed by atoms with E-state index in [-0.39, 0.29) is 10.7 Å². The number of halogens is 2. The van der Waals surface area contributed by atoms with E-state index in [1.165, 1.54) is 44.5 Å². The Labute approximate surface area is 232 Å². The van der Waals surface area contributed by atoms with Crippen LogP contribution in [-0.4, -0.2) is 37.2 Å². The van der Waals surface area contributed by atoms with E-state index in [9.17, 15) is 9.18 Å². The molecular weight excluding hydrogens is 517 g/mol. The van der Waals surface area contributed by atoms with Gasteiger partial charge in [-0.15, -0.1) is 0 Å². The van der Waals surface area contributed by atoms with Crippen molar-refractivity contribution in [3.8, 4) is 11.5 Å². The lowest BCUT2D eigenvalue weighted by molar-refractivity contribution is 0.183. The average molecular weight is 548 g/mol. The van der Waals surface area contributed by atoms with Gasteiger partial charge in [0.05, 0.1) is 11.4 Å². The minimum atomic E-state index is -0.608. The molecule has 1 heterocycles. The zero-order chi connectivity index (χ0) is 27.0. The topological polar surface area (TPSA) is 62.8 Å². The molecule has 0 unspecified atom stereocenters. The molecule has 0 bridgehead atoms. The molecule has 6 nitrogen and oxygen atoms in total. The van der Waals surface area contributed by atoms with Crippen molar-refractivity contribution in [1.82, 2.24) is 4.90 Å². The van der Waals surface area contributed by atoms with E-state index in [1.54, 1.807) is 6.07 Å². The second-order valence-corrected chi connectivity index (χ2v) is 9.98. The molecule has 0 aliphatic carbocycles. The summed E-state index contributed by atoms with van der Waals surface area (Å²) in [6.45, 7) is 4.38. The number of rotatable bonds is 9. The molecule has 4 aromatic rings. The standard InChI is InChI=1S/C31H31ClFN3O3/c32-23-10-13-29(27(33)20-23)35-31(37)34-28-14-15-30(26-7-3-2-6-25(26)28)39-21-22-8-11-24(12-9-22)38-19-18-36-16-4-1-5-17-36/h2-3,6-15,20H,1,4-5,16-19,21H2,(H2,34,35,37). The van der Waals surface area contributed by atoms with Gasteiger partial charge in [-0.05, 0) is 74.0 Å². The van der Waals surface area contributed by atoms with Crippen LogP contribution in [0, 0.1) is 5.82 Å². The van der Waals surface area contributed by atoms with Gasteiger partial charge >= 0.3 is 6.03 Å². The largest absolute Gasteiger partial charge is 0.492 e. The first-order valence-corrected chi connectivity index (χ1v) is 13.5. The molecule has 2 amide bonds. The molecule has 0 spiro atoms. The van der Waals surface area contributed by atoms with Gasteiger partial charge < -0.3 is 20.1 Å². The Bertz CT molecular complexity index is 1420. The molecule has 5 rings (SSSR count). The third-order valence-electron chi connectivity index (χ3n) is 6.75. The van der Waals surface area contributed by atoms with Gasteiger partial charge in [-0.3, -0.25) is 4.90 Å². The minimum absolute atomic E-state index is 0.0413. The molecule has 0 atom stereocenters. The van der Waals surface area contributed by atoms with Crippen molar-refractivity contribution < 1.29 is 18.7 Å². The van der Waals surface area contributed by atoms with Crippen molar-refractivity contribution in [2.45, 2.75) is 25.9 Å². The number of piperidine rings is 1. The summed E-state index contributed by atoms with van der Waals surface area (Å²) in [6.07, 6.45) is 3.90. The summed E-state index contributed by atoms with van der Waals surface area (Å²) >= 11 is 5.79. The quantitative estimate of drug-likeness (QED) is 0.225.